The van der Waals surface area contributed by atoms with Crippen molar-refractivity contribution in [2.75, 3.05) is 5.73 Å². The summed E-state index contributed by atoms with van der Waals surface area (Å²) in [4.78, 5) is 0. The number of halogens is 1. The highest BCUT2D eigenvalue weighted by Gasteiger charge is 2.13. The smallest absolute Gasteiger partial charge is 0.0520 e. The number of nitrogen functional groups attached to an aromatic ring is 1. The Morgan fingerprint density at radius 3 is 2.56 bits per heavy atom. The lowest BCUT2D eigenvalue weighted by atomic mass is 9.98. The molecule has 0 aromatic heterocycles. The standard InChI is InChI=1S/C14H16BrN3/c15-11-5-3-4-10(8-11)9-14(18-17)12-6-1-2-7-13(12)16/h1-8,14,18H,9,16-17H2. The van der Waals surface area contributed by atoms with E-state index in [-0.39, 0.29) is 6.04 Å². The minimum absolute atomic E-state index is 0.0144. The molecule has 2 aromatic rings. The number of hydrazine groups is 1. The van der Waals surface area contributed by atoms with E-state index in [0.717, 1.165) is 22.1 Å². The summed E-state index contributed by atoms with van der Waals surface area (Å²) in [6, 6.07) is 16.0. The Labute approximate surface area is 115 Å². The first-order valence-corrected chi connectivity index (χ1v) is 6.55. The summed E-state index contributed by atoms with van der Waals surface area (Å²) in [6.45, 7) is 0. The van der Waals surface area contributed by atoms with Gasteiger partial charge in [-0.05, 0) is 35.7 Å². The molecule has 18 heavy (non-hydrogen) atoms. The number of benzene rings is 2. The zero-order chi connectivity index (χ0) is 13.0. The zero-order valence-electron chi connectivity index (χ0n) is 9.94. The topological polar surface area (TPSA) is 64.1 Å². The van der Waals surface area contributed by atoms with E-state index in [1.54, 1.807) is 0 Å². The van der Waals surface area contributed by atoms with E-state index in [0.29, 0.717) is 0 Å². The molecular weight excluding hydrogens is 290 g/mol. The van der Waals surface area contributed by atoms with E-state index in [1.807, 2.05) is 36.4 Å². The van der Waals surface area contributed by atoms with Crippen molar-refractivity contribution in [3.8, 4) is 0 Å². The fourth-order valence-electron chi connectivity index (χ4n) is 1.99. The monoisotopic (exact) mass is 305 g/mol. The first kappa shape index (κ1) is 13.1. The number of hydrogen-bond donors (Lipinski definition) is 3. The van der Waals surface area contributed by atoms with Crippen LogP contribution in [0.3, 0.4) is 0 Å². The van der Waals surface area contributed by atoms with E-state index in [4.69, 9.17) is 11.6 Å². The van der Waals surface area contributed by atoms with Gasteiger partial charge in [0.05, 0.1) is 6.04 Å². The van der Waals surface area contributed by atoms with Crippen molar-refractivity contribution in [3.05, 3.63) is 64.1 Å². The molecule has 0 bridgehead atoms. The predicted molar refractivity (Wildman–Crippen MR) is 78.8 cm³/mol. The molecule has 0 heterocycles. The van der Waals surface area contributed by atoms with Crippen LogP contribution in [0.25, 0.3) is 0 Å². The van der Waals surface area contributed by atoms with Crippen LogP contribution in [0.15, 0.2) is 53.0 Å². The normalized spacial score (nSPS) is 12.3. The van der Waals surface area contributed by atoms with Gasteiger partial charge in [-0.25, -0.2) is 0 Å². The molecule has 94 valence electrons. The second kappa shape index (κ2) is 6.00. The van der Waals surface area contributed by atoms with Crippen LogP contribution in [0.5, 0.6) is 0 Å². The number of para-hydroxylation sites is 1. The Bertz CT molecular complexity index is 528. The third-order valence-electron chi connectivity index (χ3n) is 2.90. The second-order valence-corrected chi connectivity index (χ2v) is 5.10. The predicted octanol–water partition coefficient (Wildman–Crippen LogP) is 2.78. The van der Waals surface area contributed by atoms with Crippen molar-refractivity contribution in [1.29, 1.82) is 0 Å². The molecule has 1 unspecified atom stereocenters. The summed E-state index contributed by atoms with van der Waals surface area (Å²) >= 11 is 3.47. The first-order valence-electron chi connectivity index (χ1n) is 5.75. The molecule has 0 radical (unpaired) electrons. The van der Waals surface area contributed by atoms with Crippen molar-refractivity contribution >= 4 is 21.6 Å². The van der Waals surface area contributed by atoms with Crippen LogP contribution in [0, 0.1) is 0 Å². The fraction of sp³-hybridized carbons (Fsp3) is 0.143. The molecule has 0 aliphatic heterocycles. The summed E-state index contributed by atoms with van der Waals surface area (Å²) < 4.78 is 1.07. The Morgan fingerprint density at radius 1 is 1.11 bits per heavy atom. The average molecular weight is 306 g/mol. The molecule has 4 heteroatoms. The van der Waals surface area contributed by atoms with Crippen LogP contribution >= 0.6 is 15.9 Å². The summed E-state index contributed by atoms with van der Waals surface area (Å²) in [5, 5.41) is 0. The van der Waals surface area contributed by atoms with Crippen LogP contribution in [0.1, 0.15) is 17.2 Å². The van der Waals surface area contributed by atoms with Gasteiger partial charge in [0.1, 0.15) is 0 Å². The number of nitrogens with two attached hydrogens (primary N) is 2. The number of nitrogens with one attached hydrogen (secondary N) is 1. The van der Waals surface area contributed by atoms with Gasteiger partial charge in [0.15, 0.2) is 0 Å². The van der Waals surface area contributed by atoms with Crippen molar-refractivity contribution in [2.45, 2.75) is 12.5 Å². The molecule has 0 saturated carbocycles. The largest absolute Gasteiger partial charge is 0.398 e. The molecule has 0 saturated heterocycles. The van der Waals surface area contributed by atoms with E-state index in [9.17, 15) is 0 Å². The minimum atomic E-state index is 0.0144. The van der Waals surface area contributed by atoms with Crippen molar-refractivity contribution in [1.82, 2.24) is 5.43 Å². The quantitative estimate of drug-likeness (QED) is 0.462. The van der Waals surface area contributed by atoms with Crippen LogP contribution in [0.4, 0.5) is 5.69 Å². The molecule has 2 aromatic carbocycles. The molecule has 0 fully saturated rings. The highest BCUT2D eigenvalue weighted by molar-refractivity contribution is 9.10. The molecular formula is C14H16BrN3. The molecule has 0 amide bonds. The number of rotatable bonds is 4. The lowest BCUT2D eigenvalue weighted by Crippen LogP contribution is -2.30. The van der Waals surface area contributed by atoms with Gasteiger partial charge in [-0.1, -0.05) is 46.3 Å². The van der Waals surface area contributed by atoms with Gasteiger partial charge >= 0.3 is 0 Å². The maximum Gasteiger partial charge on any atom is 0.0520 e. The fourth-order valence-corrected chi connectivity index (χ4v) is 2.43. The summed E-state index contributed by atoms with van der Waals surface area (Å²) in [7, 11) is 0. The zero-order valence-corrected chi connectivity index (χ0v) is 11.5. The lowest BCUT2D eigenvalue weighted by Gasteiger charge is -2.18. The van der Waals surface area contributed by atoms with Crippen molar-refractivity contribution in [3.63, 3.8) is 0 Å². The van der Waals surface area contributed by atoms with E-state index < -0.39 is 0 Å². The molecule has 3 nitrogen and oxygen atoms in total. The maximum absolute atomic E-state index is 5.98. The second-order valence-electron chi connectivity index (χ2n) is 4.18. The maximum atomic E-state index is 5.98. The van der Waals surface area contributed by atoms with Crippen molar-refractivity contribution in [2.24, 2.45) is 5.84 Å². The number of hydrogen-bond acceptors (Lipinski definition) is 3. The van der Waals surface area contributed by atoms with Gasteiger partial charge in [0.2, 0.25) is 0 Å². The van der Waals surface area contributed by atoms with Gasteiger partial charge in [-0.3, -0.25) is 11.3 Å². The third kappa shape index (κ3) is 3.10. The highest BCUT2D eigenvalue weighted by Crippen LogP contribution is 2.24. The van der Waals surface area contributed by atoms with Crippen LogP contribution in [-0.4, -0.2) is 0 Å². The highest BCUT2D eigenvalue weighted by atomic mass is 79.9. The van der Waals surface area contributed by atoms with Crippen molar-refractivity contribution < 1.29 is 0 Å². The van der Waals surface area contributed by atoms with Gasteiger partial charge in [-0.15, -0.1) is 0 Å². The SMILES string of the molecule is NNC(Cc1cccc(Br)c1)c1ccccc1N. The third-order valence-corrected chi connectivity index (χ3v) is 3.39. The lowest BCUT2D eigenvalue weighted by molar-refractivity contribution is 0.553. The van der Waals surface area contributed by atoms with Gasteiger partial charge in [0.25, 0.3) is 0 Å². The first-order chi connectivity index (χ1) is 8.70. The minimum Gasteiger partial charge on any atom is -0.398 e. The molecule has 0 aliphatic rings. The Morgan fingerprint density at radius 2 is 1.89 bits per heavy atom. The number of anilines is 1. The summed E-state index contributed by atoms with van der Waals surface area (Å²) in [5.74, 6) is 5.64. The molecule has 1 atom stereocenters. The Kier molecular flexibility index (Phi) is 4.36. The molecule has 0 aliphatic carbocycles. The van der Waals surface area contributed by atoms with Gasteiger partial charge in [0, 0.05) is 10.2 Å². The molecule has 5 N–H and O–H groups in total. The summed E-state index contributed by atoms with van der Waals surface area (Å²) in [5.41, 5.74) is 11.8. The van der Waals surface area contributed by atoms with Gasteiger partial charge < -0.3 is 5.73 Å². The Balaban J connectivity index is 2.23. The molecule has 0 spiro atoms. The van der Waals surface area contributed by atoms with Crippen LogP contribution in [-0.2, 0) is 6.42 Å². The van der Waals surface area contributed by atoms with E-state index in [1.165, 1.54) is 5.56 Å². The average Bonchev–Trinajstić information content (AvgIpc) is 2.37. The van der Waals surface area contributed by atoms with E-state index >= 15 is 0 Å². The van der Waals surface area contributed by atoms with Crippen LogP contribution < -0.4 is 17.0 Å². The van der Waals surface area contributed by atoms with E-state index in [2.05, 4.69) is 33.5 Å². The van der Waals surface area contributed by atoms with Gasteiger partial charge in [-0.2, -0.15) is 0 Å². The Hall–Kier alpha value is -1.36. The molecule has 2 rings (SSSR count). The van der Waals surface area contributed by atoms with Crippen LogP contribution in [0.2, 0.25) is 0 Å². The summed E-state index contributed by atoms with van der Waals surface area (Å²) in [6.07, 6.45) is 0.796.